The summed E-state index contributed by atoms with van der Waals surface area (Å²) in [6, 6.07) is 12.8. The van der Waals surface area contributed by atoms with Gasteiger partial charge in [0.1, 0.15) is 11.9 Å². The fourth-order valence-electron chi connectivity index (χ4n) is 1.70. The molecule has 2 aromatic rings. The number of nitrogens with one attached hydrogen (secondary N) is 1. The van der Waals surface area contributed by atoms with Gasteiger partial charge in [0.15, 0.2) is 0 Å². The lowest BCUT2D eigenvalue weighted by atomic mass is 10.1. The summed E-state index contributed by atoms with van der Waals surface area (Å²) in [5.41, 5.74) is 7.50. The molecule has 0 bridgehead atoms. The van der Waals surface area contributed by atoms with Crippen LogP contribution in [-0.4, -0.2) is 5.91 Å². The molecule has 0 heterocycles. The maximum atomic E-state index is 13.4. The van der Waals surface area contributed by atoms with Crippen molar-refractivity contribution >= 4 is 11.6 Å². The Balaban J connectivity index is 2.10. The molecule has 0 unspecified atom stereocenters. The lowest BCUT2D eigenvalue weighted by molar-refractivity contribution is -0.117. The molecule has 0 saturated carbocycles. The summed E-state index contributed by atoms with van der Waals surface area (Å²) >= 11 is 0. The number of benzene rings is 2. The van der Waals surface area contributed by atoms with Crippen molar-refractivity contribution in [2.75, 3.05) is 5.32 Å². The Bertz CT molecular complexity index is 584. The Labute approximate surface area is 111 Å². The molecule has 3 nitrogen and oxygen atoms in total. The molecule has 19 heavy (non-hydrogen) atoms. The van der Waals surface area contributed by atoms with Crippen LogP contribution in [0.2, 0.25) is 0 Å². The largest absolute Gasteiger partial charge is 0.324 e. The van der Waals surface area contributed by atoms with Gasteiger partial charge in [0.2, 0.25) is 5.91 Å². The third-order valence-corrected chi connectivity index (χ3v) is 2.88. The van der Waals surface area contributed by atoms with Crippen LogP contribution in [0.4, 0.5) is 10.1 Å². The molecular formula is C15H15FN2O. The van der Waals surface area contributed by atoms with E-state index in [2.05, 4.69) is 5.32 Å². The van der Waals surface area contributed by atoms with Crippen LogP contribution in [-0.2, 0) is 4.79 Å². The van der Waals surface area contributed by atoms with Crippen molar-refractivity contribution in [2.24, 2.45) is 5.73 Å². The fourth-order valence-corrected chi connectivity index (χ4v) is 1.70. The predicted octanol–water partition coefficient (Wildman–Crippen LogP) is 2.77. The first-order valence-electron chi connectivity index (χ1n) is 5.95. The van der Waals surface area contributed by atoms with E-state index in [1.165, 1.54) is 6.07 Å². The van der Waals surface area contributed by atoms with Crippen molar-refractivity contribution < 1.29 is 9.18 Å². The van der Waals surface area contributed by atoms with Gasteiger partial charge in [-0.1, -0.05) is 36.4 Å². The lowest BCUT2D eigenvalue weighted by Crippen LogP contribution is -2.27. The maximum Gasteiger partial charge on any atom is 0.245 e. The first-order valence-corrected chi connectivity index (χ1v) is 5.95. The SMILES string of the molecule is Cc1ccc(NC(=O)[C@H](N)c2ccccc2)cc1F. The molecule has 1 atom stereocenters. The number of carbonyl (C=O) groups excluding carboxylic acids is 1. The summed E-state index contributed by atoms with van der Waals surface area (Å²) in [5, 5.41) is 2.60. The number of nitrogens with two attached hydrogens (primary N) is 1. The highest BCUT2D eigenvalue weighted by Gasteiger charge is 2.15. The second-order valence-corrected chi connectivity index (χ2v) is 4.34. The molecule has 0 spiro atoms. The van der Waals surface area contributed by atoms with E-state index >= 15 is 0 Å². The monoisotopic (exact) mass is 258 g/mol. The van der Waals surface area contributed by atoms with Crippen molar-refractivity contribution in [2.45, 2.75) is 13.0 Å². The third-order valence-electron chi connectivity index (χ3n) is 2.88. The predicted molar refractivity (Wildman–Crippen MR) is 73.1 cm³/mol. The minimum absolute atomic E-state index is 0.355. The number of halogens is 1. The Morgan fingerprint density at radius 1 is 1.21 bits per heavy atom. The molecule has 98 valence electrons. The minimum Gasteiger partial charge on any atom is -0.324 e. The van der Waals surface area contributed by atoms with Gasteiger partial charge in [-0.25, -0.2) is 4.39 Å². The topological polar surface area (TPSA) is 55.1 Å². The van der Waals surface area contributed by atoms with Crippen molar-refractivity contribution in [3.8, 4) is 0 Å². The zero-order valence-corrected chi connectivity index (χ0v) is 10.6. The number of hydrogen-bond donors (Lipinski definition) is 2. The van der Waals surface area contributed by atoms with Crippen molar-refractivity contribution in [3.05, 3.63) is 65.5 Å². The molecule has 0 radical (unpaired) electrons. The molecular weight excluding hydrogens is 243 g/mol. The van der Waals surface area contributed by atoms with Gasteiger partial charge in [0, 0.05) is 5.69 Å². The van der Waals surface area contributed by atoms with E-state index in [1.807, 2.05) is 18.2 Å². The van der Waals surface area contributed by atoms with Crippen LogP contribution in [0, 0.1) is 12.7 Å². The van der Waals surface area contributed by atoms with Gasteiger partial charge in [-0.05, 0) is 30.2 Å². The summed E-state index contributed by atoms with van der Waals surface area (Å²) in [6.07, 6.45) is 0. The molecule has 2 rings (SSSR count). The molecule has 0 aliphatic carbocycles. The molecule has 0 aromatic heterocycles. The van der Waals surface area contributed by atoms with Crippen LogP contribution in [0.3, 0.4) is 0 Å². The first kappa shape index (κ1) is 13.2. The van der Waals surface area contributed by atoms with Crippen LogP contribution in [0.25, 0.3) is 0 Å². The molecule has 2 aromatic carbocycles. The van der Waals surface area contributed by atoms with Crippen molar-refractivity contribution in [1.82, 2.24) is 0 Å². The van der Waals surface area contributed by atoms with E-state index in [-0.39, 0.29) is 11.7 Å². The van der Waals surface area contributed by atoms with E-state index in [0.29, 0.717) is 16.8 Å². The Kier molecular flexibility index (Phi) is 3.92. The van der Waals surface area contributed by atoms with Gasteiger partial charge in [0.25, 0.3) is 0 Å². The quantitative estimate of drug-likeness (QED) is 0.889. The smallest absolute Gasteiger partial charge is 0.245 e. The molecule has 4 heteroatoms. The molecule has 0 aliphatic rings. The normalized spacial score (nSPS) is 11.9. The molecule has 0 saturated heterocycles. The average molecular weight is 258 g/mol. The zero-order valence-electron chi connectivity index (χ0n) is 10.6. The van der Waals surface area contributed by atoms with E-state index < -0.39 is 6.04 Å². The average Bonchev–Trinajstić information content (AvgIpc) is 2.43. The van der Waals surface area contributed by atoms with E-state index in [4.69, 9.17) is 5.73 Å². The lowest BCUT2D eigenvalue weighted by Gasteiger charge is -2.12. The van der Waals surface area contributed by atoms with Crippen molar-refractivity contribution in [3.63, 3.8) is 0 Å². The highest BCUT2D eigenvalue weighted by Crippen LogP contribution is 2.16. The molecule has 1 amide bonds. The minimum atomic E-state index is -0.773. The molecule has 0 aliphatic heterocycles. The van der Waals surface area contributed by atoms with E-state index in [9.17, 15) is 9.18 Å². The van der Waals surface area contributed by atoms with Crippen LogP contribution in [0.5, 0.6) is 0 Å². The number of carbonyl (C=O) groups is 1. The highest BCUT2D eigenvalue weighted by atomic mass is 19.1. The van der Waals surface area contributed by atoms with Crippen LogP contribution in [0.1, 0.15) is 17.2 Å². The maximum absolute atomic E-state index is 13.4. The number of rotatable bonds is 3. The van der Waals surface area contributed by atoms with Gasteiger partial charge < -0.3 is 11.1 Å². The number of anilines is 1. The standard InChI is InChI=1S/C15H15FN2O/c1-10-7-8-12(9-13(10)16)18-15(19)14(17)11-5-3-2-4-6-11/h2-9,14H,17H2,1H3,(H,18,19)/t14-/m1/s1. The second kappa shape index (κ2) is 5.63. The summed E-state index contributed by atoms with van der Waals surface area (Å²) in [4.78, 5) is 12.0. The van der Waals surface area contributed by atoms with Crippen LogP contribution < -0.4 is 11.1 Å². The van der Waals surface area contributed by atoms with Gasteiger partial charge in [0.05, 0.1) is 0 Å². The summed E-state index contributed by atoms with van der Waals surface area (Å²) < 4.78 is 13.4. The van der Waals surface area contributed by atoms with Crippen LogP contribution in [0.15, 0.2) is 48.5 Å². The summed E-state index contributed by atoms with van der Waals surface area (Å²) in [7, 11) is 0. The highest BCUT2D eigenvalue weighted by molar-refractivity contribution is 5.95. The van der Waals surface area contributed by atoms with E-state index in [0.717, 1.165) is 0 Å². The summed E-state index contributed by atoms with van der Waals surface area (Å²) in [5.74, 6) is -0.722. The van der Waals surface area contributed by atoms with Gasteiger partial charge in [-0.15, -0.1) is 0 Å². The first-order chi connectivity index (χ1) is 9.08. The zero-order chi connectivity index (χ0) is 13.8. The van der Waals surface area contributed by atoms with Gasteiger partial charge in [-0.2, -0.15) is 0 Å². The van der Waals surface area contributed by atoms with Gasteiger partial charge in [-0.3, -0.25) is 4.79 Å². The summed E-state index contributed by atoms with van der Waals surface area (Å²) in [6.45, 7) is 1.66. The Morgan fingerprint density at radius 2 is 1.89 bits per heavy atom. The Morgan fingerprint density at radius 3 is 2.53 bits per heavy atom. The number of amides is 1. The van der Waals surface area contributed by atoms with E-state index in [1.54, 1.807) is 31.2 Å². The number of hydrogen-bond acceptors (Lipinski definition) is 2. The fraction of sp³-hybridized carbons (Fsp3) is 0.133. The number of aryl methyl sites for hydroxylation is 1. The van der Waals surface area contributed by atoms with Crippen molar-refractivity contribution in [1.29, 1.82) is 0 Å². The molecule has 3 N–H and O–H groups in total. The molecule has 0 fully saturated rings. The van der Waals surface area contributed by atoms with Crippen LogP contribution >= 0.6 is 0 Å². The Hall–Kier alpha value is -2.20. The second-order valence-electron chi connectivity index (χ2n) is 4.34. The van der Waals surface area contributed by atoms with Gasteiger partial charge >= 0.3 is 0 Å². The third kappa shape index (κ3) is 3.17.